The molecule has 230 valence electrons. The van der Waals surface area contributed by atoms with Crippen molar-refractivity contribution in [3.8, 4) is 29.6 Å². The average molecular weight is 609 g/mol. The van der Waals surface area contributed by atoms with E-state index in [1.165, 1.54) is 6.07 Å². The normalized spacial score (nSPS) is 22.7. The molecule has 4 aliphatic rings. The first kappa shape index (κ1) is 28.1. The summed E-state index contributed by atoms with van der Waals surface area (Å²) in [6.07, 6.45) is 13.9. The van der Waals surface area contributed by atoms with Crippen LogP contribution in [0.25, 0.3) is 32.9 Å². The first-order chi connectivity index (χ1) is 21.9. The highest BCUT2D eigenvalue weighted by Gasteiger charge is 2.45. The zero-order valence-corrected chi connectivity index (χ0v) is 25.0. The predicted molar refractivity (Wildman–Crippen MR) is 168 cm³/mol. The van der Waals surface area contributed by atoms with Crippen LogP contribution in [-0.2, 0) is 4.79 Å². The molecule has 4 aliphatic heterocycles. The van der Waals surface area contributed by atoms with Gasteiger partial charge in [-0.05, 0) is 63.1 Å². The van der Waals surface area contributed by atoms with Gasteiger partial charge in [0.2, 0.25) is 5.91 Å². The number of terminal acetylenes is 1. The highest BCUT2D eigenvalue weighted by molar-refractivity contribution is 6.02. The maximum absolute atomic E-state index is 16.8. The Morgan fingerprint density at radius 2 is 1.87 bits per heavy atom. The molecular formula is C35H34F2N6O2. The van der Waals surface area contributed by atoms with Crippen molar-refractivity contribution >= 4 is 33.4 Å². The Hall–Kier alpha value is -4.36. The van der Waals surface area contributed by atoms with E-state index in [1.54, 1.807) is 24.4 Å². The second-order valence-corrected chi connectivity index (χ2v) is 13.2. The van der Waals surface area contributed by atoms with Crippen LogP contribution in [0.1, 0.15) is 50.5 Å². The Bertz CT molecular complexity index is 1900. The minimum absolute atomic E-state index is 0.0304. The molecule has 4 saturated heterocycles. The molecule has 45 heavy (non-hydrogen) atoms. The van der Waals surface area contributed by atoms with Crippen molar-refractivity contribution in [2.75, 3.05) is 44.2 Å². The Labute approximate surface area is 260 Å². The number of pyridine rings is 1. The van der Waals surface area contributed by atoms with Gasteiger partial charge in [0, 0.05) is 48.6 Å². The minimum atomic E-state index is -0.647. The van der Waals surface area contributed by atoms with Gasteiger partial charge in [0.25, 0.3) is 0 Å². The zero-order chi connectivity index (χ0) is 30.8. The first-order valence-corrected chi connectivity index (χ1v) is 15.8. The fourth-order valence-electron chi connectivity index (χ4n) is 8.30. The van der Waals surface area contributed by atoms with Crippen LogP contribution in [0.2, 0.25) is 0 Å². The maximum atomic E-state index is 16.8. The van der Waals surface area contributed by atoms with Gasteiger partial charge in [-0.1, -0.05) is 30.2 Å². The summed E-state index contributed by atoms with van der Waals surface area (Å²) < 4.78 is 38.0. The SMILES string of the molecule is C#Cc1c(F)ccc2cccc(-c3ncc4c(N5CCCC6(CNC(=O)C6)C5)nc(OCC56CCCN5CCC6)nc4c3F)c12. The molecule has 0 saturated carbocycles. The number of amides is 1. The highest BCUT2D eigenvalue weighted by atomic mass is 19.1. The molecule has 1 spiro atoms. The standard InChI is InChI=1S/C35H34F2N6O2/c1-2-23-26(36)10-9-22-7-3-8-24(28(22)23)30-29(37)31-25(18-38-30)32(42-14-4-11-34(20-42)17-27(44)39-19-34)41-33(40-31)45-21-35-12-5-15-43(35)16-6-13-35/h1,3,7-10,18H,4-6,11-17,19-21H2,(H,39,44). The van der Waals surface area contributed by atoms with Crippen LogP contribution in [0.4, 0.5) is 14.6 Å². The number of nitrogens with one attached hydrogen (secondary N) is 1. The Balaban J connectivity index is 1.26. The van der Waals surface area contributed by atoms with Gasteiger partial charge in [-0.15, -0.1) is 6.42 Å². The van der Waals surface area contributed by atoms with Gasteiger partial charge in [0.15, 0.2) is 5.82 Å². The number of anilines is 1. The lowest BCUT2D eigenvalue weighted by Gasteiger charge is -2.40. The van der Waals surface area contributed by atoms with Crippen LogP contribution in [-0.4, -0.2) is 70.6 Å². The lowest BCUT2D eigenvalue weighted by Crippen LogP contribution is -2.45. The smallest absolute Gasteiger partial charge is 0.319 e. The first-order valence-electron chi connectivity index (χ1n) is 15.8. The second kappa shape index (κ2) is 10.6. The third-order valence-corrected chi connectivity index (χ3v) is 10.5. The largest absolute Gasteiger partial charge is 0.461 e. The third kappa shape index (κ3) is 4.59. The molecule has 1 N–H and O–H groups in total. The number of benzene rings is 2. The number of halogens is 2. The number of nitrogens with zero attached hydrogens (tertiary/aromatic N) is 5. The van der Waals surface area contributed by atoms with E-state index < -0.39 is 11.6 Å². The van der Waals surface area contributed by atoms with Gasteiger partial charge in [-0.3, -0.25) is 14.7 Å². The van der Waals surface area contributed by atoms with Crippen LogP contribution < -0.4 is 15.0 Å². The Morgan fingerprint density at radius 3 is 2.64 bits per heavy atom. The number of piperidine rings is 1. The number of hydrogen-bond acceptors (Lipinski definition) is 7. The molecule has 6 heterocycles. The summed E-state index contributed by atoms with van der Waals surface area (Å²) >= 11 is 0. The number of carbonyl (C=O) groups excluding carboxylic acids is 1. The molecule has 0 bridgehead atoms. The van der Waals surface area contributed by atoms with Crippen LogP contribution in [0.15, 0.2) is 36.5 Å². The summed E-state index contributed by atoms with van der Waals surface area (Å²) in [5.41, 5.74) is 0.328. The minimum Gasteiger partial charge on any atom is -0.461 e. The Kier molecular flexibility index (Phi) is 6.64. The number of aromatic nitrogens is 3. The van der Waals surface area contributed by atoms with Gasteiger partial charge in [0.1, 0.15) is 29.5 Å². The lowest BCUT2D eigenvalue weighted by atomic mass is 9.79. The van der Waals surface area contributed by atoms with E-state index in [0.717, 1.165) is 51.6 Å². The summed E-state index contributed by atoms with van der Waals surface area (Å²) in [7, 11) is 0. The molecule has 8 rings (SSSR count). The summed E-state index contributed by atoms with van der Waals surface area (Å²) in [4.78, 5) is 31.0. The lowest BCUT2D eigenvalue weighted by molar-refractivity contribution is -0.119. The quantitative estimate of drug-likeness (QED) is 0.311. The molecule has 10 heteroatoms. The van der Waals surface area contributed by atoms with Crippen molar-refractivity contribution in [3.05, 3.63) is 53.7 Å². The number of fused-ring (bicyclic) bond motifs is 3. The van der Waals surface area contributed by atoms with Gasteiger partial charge in [0.05, 0.1) is 16.5 Å². The molecule has 4 aromatic rings. The molecule has 1 amide bonds. The molecule has 4 fully saturated rings. The van der Waals surface area contributed by atoms with E-state index in [1.807, 2.05) is 6.07 Å². The van der Waals surface area contributed by atoms with Crippen LogP contribution in [0, 0.1) is 29.4 Å². The zero-order valence-electron chi connectivity index (χ0n) is 25.0. The fraction of sp³-hybridized carbons (Fsp3) is 0.429. The number of ether oxygens (including phenoxy) is 1. The van der Waals surface area contributed by atoms with E-state index in [-0.39, 0.29) is 39.6 Å². The van der Waals surface area contributed by atoms with Crippen LogP contribution in [0.5, 0.6) is 6.01 Å². The third-order valence-electron chi connectivity index (χ3n) is 10.5. The van der Waals surface area contributed by atoms with Crippen molar-refractivity contribution < 1.29 is 18.3 Å². The van der Waals surface area contributed by atoms with Gasteiger partial charge in [-0.25, -0.2) is 8.78 Å². The molecule has 0 aliphatic carbocycles. The van der Waals surface area contributed by atoms with Crippen molar-refractivity contribution in [2.45, 2.75) is 50.5 Å². The molecule has 2 aromatic heterocycles. The van der Waals surface area contributed by atoms with E-state index >= 15 is 4.39 Å². The summed E-state index contributed by atoms with van der Waals surface area (Å²) in [6.45, 7) is 4.48. The Morgan fingerprint density at radius 1 is 1.04 bits per heavy atom. The predicted octanol–water partition coefficient (Wildman–Crippen LogP) is 5.22. The topological polar surface area (TPSA) is 83.5 Å². The molecular weight excluding hydrogens is 574 g/mol. The molecule has 8 nitrogen and oxygen atoms in total. The van der Waals surface area contributed by atoms with E-state index in [0.29, 0.717) is 60.2 Å². The molecule has 1 atom stereocenters. The van der Waals surface area contributed by atoms with E-state index in [2.05, 4.69) is 31.0 Å². The van der Waals surface area contributed by atoms with Crippen LogP contribution >= 0.6 is 0 Å². The molecule has 0 radical (unpaired) electrons. The highest BCUT2D eigenvalue weighted by Crippen LogP contribution is 2.42. The average Bonchev–Trinajstić information content (AvgIpc) is 3.74. The summed E-state index contributed by atoms with van der Waals surface area (Å²) in [5, 5.41) is 4.57. The van der Waals surface area contributed by atoms with E-state index in [4.69, 9.17) is 16.1 Å². The number of hydrogen-bond donors (Lipinski definition) is 1. The van der Waals surface area contributed by atoms with Gasteiger partial charge < -0.3 is 15.0 Å². The number of carbonyl (C=O) groups is 1. The van der Waals surface area contributed by atoms with Crippen molar-refractivity contribution in [1.82, 2.24) is 25.2 Å². The summed E-state index contributed by atoms with van der Waals surface area (Å²) in [5.74, 6) is 1.85. The maximum Gasteiger partial charge on any atom is 0.319 e. The molecule has 2 aromatic carbocycles. The number of rotatable bonds is 5. The monoisotopic (exact) mass is 608 g/mol. The van der Waals surface area contributed by atoms with Gasteiger partial charge in [-0.2, -0.15) is 9.97 Å². The summed E-state index contributed by atoms with van der Waals surface area (Å²) in [6, 6.07) is 8.36. The second-order valence-electron chi connectivity index (χ2n) is 13.2. The van der Waals surface area contributed by atoms with Crippen molar-refractivity contribution in [3.63, 3.8) is 0 Å². The van der Waals surface area contributed by atoms with Gasteiger partial charge >= 0.3 is 6.01 Å². The van der Waals surface area contributed by atoms with E-state index in [9.17, 15) is 9.18 Å². The molecule has 1 unspecified atom stereocenters. The van der Waals surface area contributed by atoms with Crippen molar-refractivity contribution in [2.24, 2.45) is 5.41 Å². The van der Waals surface area contributed by atoms with Crippen LogP contribution in [0.3, 0.4) is 0 Å². The van der Waals surface area contributed by atoms with Crippen molar-refractivity contribution in [1.29, 1.82) is 0 Å². The fourth-order valence-corrected chi connectivity index (χ4v) is 8.30.